The number of carbonyl (C=O) groups excluding carboxylic acids is 1. The molecule has 2 amide bonds. The summed E-state index contributed by atoms with van der Waals surface area (Å²) in [5.41, 5.74) is 2.82. The maximum absolute atomic E-state index is 14.0. The molecular weight excluding hydrogens is 429 g/mol. The third kappa shape index (κ3) is 6.20. The lowest BCUT2D eigenvalue weighted by atomic mass is 10.1. The number of nitrogens with one attached hydrogen (secondary N) is 2. The minimum Gasteiger partial charge on any atom is -0.490 e. The quantitative estimate of drug-likeness (QED) is 0.397. The zero-order valence-electron chi connectivity index (χ0n) is 18.1. The number of thiocarbonyl (C=S) groups is 1. The number of halogens is 1. The van der Waals surface area contributed by atoms with E-state index in [1.54, 1.807) is 23.2 Å². The van der Waals surface area contributed by atoms with Crippen LogP contribution in [0.5, 0.6) is 5.75 Å². The van der Waals surface area contributed by atoms with Gasteiger partial charge in [-0.05, 0) is 74.4 Å². The van der Waals surface area contributed by atoms with Crippen molar-refractivity contribution in [2.24, 2.45) is 5.92 Å². The van der Waals surface area contributed by atoms with E-state index in [1.165, 1.54) is 18.9 Å². The van der Waals surface area contributed by atoms with Crippen molar-refractivity contribution in [3.63, 3.8) is 0 Å². The molecule has 1 atom stereocenters. The fourth-order valence-corrected chi connectivity index (χ4v) is 3.84. The zero-order valence-corrected chi connectivity index (χ0v) is 19.0. The van der Waals surface area contributed by atoms with E-state index in [0.717, 1.165) is 36.2 Å². The number of aromatic nitrogens is 2. The molecule has 170 valence electrons. The maximum Gasteiger partial charge on any atom is 0.323 e. The maximum atomic E-state index is 14.0. The van der Waals surface area contributed by atoms with Crippen molar-refractivity contribution in [1.82, 2.24) is 25.7 Å². The molecule has 32 heavy (non-hydrogen) atoms. The van der Waals surface area contributed by atoms with Gasteiger partial charge in [0.15, 0.2) is 11.6 Å². The van der Waals surface area contributed by atoms with Crippen molar-refractivity contribution in [3.05, 3.63) is 53.1 Å². The topological polar surface area (TPSA) is 79.4 Å². The highest BCUT2D eigenvalue weighted by atomic mass is 32.1. The van der Waals surface area contributed by atoms with Crippen LogP contribution in [0.3, 0.4) is 0 Å². The summed E-state index contributed by atoms with van der Waals surface area (Å²) in [6.45, 7) is 4.27. The van der Waals surface area contributed by atoms with Gasteiger partial charge in [-0.3, -0.25) is 0 Å². The molecule has 7 nitrogen and oxygen atoms in total. The molecule has 2 aromatic rings. The van der Waals surface area contributed by atoms with E-state index in [1.807, 2.05) is 6.07 Å². The van der Waals surface area contributed by atoms with Crippen LogP contribution in [0, 0.1) is 11.7 Å². The Morgan fingerprint density at radius 1 is 1.38 bits per heavy atom. The van der Waals surface area contributed by atoms with Crippen molar-refractivity contribution in [1.29, 1.82) is 0 Å². The second-order valence-electron chi connectivity index (χ2n) is 8.49. The summed E-state index contributed by atoms with van der Waals surface area (Å²) < 4.78 is 19.7. The number of hydrogen-bond acceptors (Lipinski definition) is 6. The van der Waals surface area contributed by atoms with E-state index in [-0.39, 0.29) is 17.9 Å². The normalized spacial score (nSPS) is 16.9. The second-order valence-corrected chi connectivity index (χ2v) is 8.98. The smallest absolute Gasteiger partial charge is 0.323 e. The monoisotopic (exact) mass is 457 g/mol. The van der Waals surface area contributed by atoms with Gasteiger partial charge in [0.25, 0.3) is 0 Å². The second kappa shape index (κ2) is 10.3. The van der Waals surface area contributed by atoms with Crippen molar-refractivity contribution in [2.75, 3.05) is 19.7 Å². The first-order chi connectivity index (χ1) is 15.5. The number of benzene rings is 1. The molecule has 2 heterocycles. The Morgan fingerprint density at radius 2 is 2.22 bits per heavy atom. The third-order valence-electron chi connectivity index (χ3n) is 5.70. The van der Waals surface area contributed by atoms with E-state index in [2.05, 4.69) is 27.8 Å². The minimum absolute atomic E-state index is 0.0857. The first kappa shape index (κ1) is 22.5. The number of amides is 2. The highest BCUT2D eigenvalue weighted by Crippen LogP contribution is 2.31. The molecular formula is C23H28FN5O2S. The fourth-order valence-electron chi connectivity index (χ4n) is 3.60. The summed E-state index contributed by atoms with van der Waals surface area (Å²) in [6, 6.07) is 6.96. The van der Waals surface area contributed by atoms with Gasteiger partial charge in [-0.25, -0.2) is 9.18 Å². The van der Waals surface area contributed by atoms with Gasteiger partial charge in [0, 0.05) is 6.04 Å². The largest absolute Gasteiger partial charge is 0.490 e. The summed E-state index contributed by atoms with van der Waals surface area (Å²) in [4.78, 5) is 14.0. The summed E-state index contributed by atoms with van der Waals surface area (Å²) in [5, 5.41) is 14.3. The van der Waals surface area contributed by atoms with Gasteiger partial charge in [-0.2, -0.15) is 10.2 Å². The van der Waals surface area contributed by atoms with Crippen LogP contribution < -0.4 is 15.4 Å². The van der Waals surface area contributed by atoms with Crippen molar-refractivity contribution in [3.8, 4) is 5.75 Å². The molecule has 0 unspecified atom stereocenters. The molecule has 9 heteroatoms. The SMILES string of the molecule is C[C@@H](NCCCc1cnnc(CN2CC(=S)NC2=O)c1)c1ccc(F)c(OCC2CC2)c1. The van der Waals surface area contributed by atoms with Crippen molar-refractivity contribution < 1.29 is 13.9 Å². The predicted octanol–water partition coefficient (Wildman–Crippen LogP) is 3.54. The lowest BCUT2D eigenvalue weighted by Gasteiger charge is -2.16. The Kier molecular flexibility index (Phi) is 7.26. The predicted molar refractivity (Wildman–Crippen MR) is 123 cm³/mol. The third-order valence-corrected chi connectivity index (χ3v) is 5.93. The Balaban J connectivity index is 1.23. The summed E-state index contributed by atoms with van der Waals surface area (Å²) >= 11 is 5.04. The Bertz CT molecular complexity index is 985. The first-order valence-electron chi connectivity index (χ1n) is 11.0. The molecule has 1 aliphatic heterocycles. The van der Waals surface area contributed by atoms with Crippen LogP contribution in [0.2, 0.25) is 0 Å². The van der Waals surface area contributed by atoms with Gasteiger partial charge in [0.05, 0.1) is 31.6 Å². The Hall–Kier alpha value is -2.65. The lowest BCUT2D eigenvalue weighted by molar-refractivity contribution is 0.215. The van der Waals surface area contributed by atoms with Crippen LogP contribution in [-0.4, -0.2) is 45.8 Å². The molecule has 2 N–H and O–H groups in total. The molecule has 1 aliphatic carbocycles. The molecule has 0 radical (unpaired) electrons. The van der Waals surface area contributed by atoms with Crippen LogP contribution >= 0.6 is 12.2 Å². The summed E-state index contributed by atoms with van der Waals surface area (Å²) in [5.74, 6) is 0.614. The van der Waals surface area contributed by atoms with Crippen molar-refractivity contribution in [2.45, 2.75) is 45.2 Å². The van der Waals surface area contributed by atoms with Gasteiger partial charge in [0.1, 0.15) is 4.99 Å². The van der Waals surface area contributed by atoms with Crippen LogP contribution in [0.1, 0.15) is 49.0 Å². The van der Waals surface area contributed by atoms with E-state index < -0.39 is 0 Å². The standard InChI is InChI=1S/C23H28FN5O2S/c1-15(18-6-7-20(24)21(10-18)31-14-16-4-5-16)25-8-2-3-17-9-19(28-26-11-17)12-29-13-22(32)27-23(29)30/h6-7,9-11,15-16,25H,2-5,8,12-14H2,1H3,(H,27,30,32)/t15-/m1/s1. The highest BCUT2D eigenvalue weighted by Gasteiger charge is 2.24. The highest BCUT2D eigenvalue weighted by molar-refractivity contribution is 7.80. The van der Waals surface area contributed by atoms with Gasteiger partial charge in [0.2, 0.25) is 0 Å². The molecule has 4 rings (SSSR count). The number of carbonyl (C=O) groups is 1. The average molecular weight is 458 g/mol. The Morgan fingerprint density at radius 3 is 2.97 bits per heavy atom. The number of urea groups is 1. The minimum atomic E-state index is -0.309. The molecule has 2 fully saturated rings. The van der Waals surface area contributed by atoms with E-state index in [0.29, 0.717) is 36.4 Å². The zero-order chi connectivity index (χ0) is 22.5. The first-order valence-corrected chi connectivity index (χ1v) is 11.4. The molecule has 0 bridgehead atoms. The van der Waals surface area contributed by atoms with E-state index in [9.17, 15) is 9.18 Å². The molecule has 1 aromatic carbocycles. The average Bonchev–Trinajstić information content (AvgIpc) is 3.55. The number of aryl methyl sites for hydroxylation is 1. The number of ether oxygens (including phenoxy) is 1. The molecule has 0 spiro atoms. The van der Waals surface area contributed by atoms with Crippen LogP contribution in [-0.2, 0) is 13.0 Å². The van der Waals surface area contributed by atoms with Gasteiger partial charge >= 0.3 is 6.03 Å². The summed E-state index contributed by atoms with van der Waals surface area (Å²) in [6.07, 6.45) is 5.86. The Labute approximate surface area is 192 Å². The molecule has 1 aromatic heterocycles. The lowest BCUT2D eigenvalue weighted by Crippen LogP contribution is -2.28. The van der Waals surface area contributed by atoms with Crippen LogP contribution in [0.15, 0.2) is 30.5 Å². The molecule has 2 aliphatic rings. The fraction of sp³-hybridized carbons (Fsp3) is 0.478. The summed E-state index contributed by atoms with van der Waals surface area (Å²) in [7, 11) is 0. The van der Waals surface area contributed by atoms with E-state index >= 15 is 0 Å². The molecule has 1 saturated heterocycles. The number of hydrogen-bond donors (Lipinski definition) is 2. The van der Waals surface area contributed by atoms with Gasteiger partial charge < -0.3 is 20.3 Å². The van der Waals surface area contributed by atoms with E-state index in [4.69, 9.17) is 17.0 Å². The molecule has 1 saturated carbocycles. The number of nitrogens with zero attached hydrogens (tertiary/aromatic N) is 3. The van der Waals surface area contributed by atoms with Crippen LogP contribution in [0.4, 0.5) is 9.18 Å². The number of rotatable bonds is 11. The van der Waals surface area contributed by atoms with Gasteiger partial charge in [-0.1, -0.05) is 18.3 Å². The van der Waals surface area contributed by atoms with Crippen molar-refractivity contribution >= 4 is 23.2 Å². The van der Waals surface area contributed by atoms with Crippen LogP contribution in [0.25, 0.3) is 0 Å². The van der Waals surface area contributed by atoms with Gasteiger partial charge in [-0.15, -0.1) is 0 Å².